The van der Waals surface area contributed by atoms with Gasteiger partial charge in [-0.25, -0.2) is 0 Å². The van der Waals surface area contributed by atoms with Gasteiger partial charge in [-0.15, -0.1) is 0 Å². The van der Waals surface area contributed by atoms with E-state index in [9.17, 15) is 0 Å². The molecule has 0 unspecified atom stereocenters. The number of likely N-dealkylation sites (N-methyl/N-ethyl adjacent to an activating group) is 1. The smallest absolute Gasteiger partial charge is 0.0911 e. The molecule has 62 valence electrons. The molecule has 0 atom stereocenters. The van der Waals surface area contributed by atoms with Gasteiger partial charge in [-0.1, -0.05) is 0 Å². The first-order chi connectivity index (χ1) is 4.31. The largest absolute Gasteiger partial charge is 0.326 e. The molecule has 0 saturated carbocycles. The summed E-state index contributed by atoms with van der Waals surface area (Å²) in [5.74, 6) is 0. The van der Waals surface area contributed by atoms with Gasteiger partial charge >= 0.3 is 0 Å². The minimum atomic E-state index is 0.305. The molecule has 0 aliphatic carbocycles. The summed E-state index contributed by atoms with van der Waals surface area (Å²) in [5.41, 5.74) is 5.80. The Kier molecular flexibility index (Phi) is 2.86. The average Bonchev–Trinajstić information content (AvgIpc) is 1.61. The maximum atomic E-state index is 5.50. The maximum absolute atomic E-state index is 5.50. The molecule has 0 aromatic heterocycles. The molecule has 0 spiro atoms. The molecule has 2 N–H and O–H groups in total. The summed E-state index contributed by atoms with van der Waals surface area (Å²) >= 11 is 0. The van der Waals surface area contributed by atoms with Crippen LogP contribution in [0.25, 0.3) is 0 Å². The zero-order valence-electron chi connectivity index (χ0n) is 7.94. The molecule has 0 aliphatic rings. The summed E-state index contributed by atoms with van der Waals surface area (Å²) in [6.07, 6.45) is 0. The average molecular weight is 145 g/mol. The lowest BCUT2D eigenvalue weighted by molar-refractivity contribution is -0.934. The monoisotopic (exact) mass is 145 g/mol. The van der Waals surface area contributed by atoms with E-state index in [1.165, 1.54) is 0 Å². The molecule has 0 aromatic carbocycles. The Labute approximate surface area is 64.6 Å². The number of nitrogens with two attached hydrogens (primary N) is 1. The third-order valence-corrected chi connectivity index (χ3v) is 2.50. The molecule has 0 radical (unpaired) electrons. The lowest BCUT2D eigenvalue weighted by atomic mass is 10.0. The van der Waals surface area contributed by atoms with Crippen LogP contribution in [0.1, 0.15) is 20.8 Å². The Balaban J connectivity index is 4.10. The molecule has 0 fully saturated rings. The van der Waals surface area contributed by atoms with Gasteiger partial charge in [-0.05, 0) is 20.8 Å². The molecule has 2 heteroatoms. The summed E-state index contributed by atoms with van der Waals surface area (Å²) in [5, 5.41) is 0. The lowest BCUT2D eigenvalue weighted by Gasteiger charge is -2.42. The minimum absolute atomic E-state index is 0.305. The highest BCUT2D eigenvalue weighted by atomic mass is 15.4. The van der Waals surface area contributed by atoms with E-state index < -0.39 is 0 Å². The molecule has 2 nitrogen and oxygen atoms in total. The Morgan fingerprint density at radius 3 is 1.70 bits per heavy atom. The zero-order valence-corrected chi connectivity index (χ0v) is 7.94. The van der Waals surface area contributed by atoms with Gasteiger partial charge < -0.3 is 10.2 Å². The van der Waals surface area contributed by atoms with Gasteiger partial charge in [0.1, 0.15) is 0 Å². The molecular weight excluding hydrogens is 124 g/mol. The van der Waals surface area contributed by atoms with Crippen LogP contribution in [0.5, 0.6) is 0 Å². The summed E-state index contributed by atoms with van der Waals surface area (Å²) in [4.78, 5) is 0. The molecule has 0 heterocycles. The van der Waals surface area contributed by atoms with Crippen LogP contribution in [0.4, 0.5) is 0 Å². The SMILES string of the molecule is CC(C)(C)[N+](C)(C)CCN. The molecular formula is C8H21N2+. The Morgan fingerprint density at radius 1 is 1.20 bits per heavy atom. The summed E-state index contributed by atoms with van der Waals surface area (Å²) in [6, 6.07) is 0. The van der Waals surface area contributed by atoms with Crippen LogP contribution in [0.2, 0.25) is 0 Å². The first kappa shape index (κ1) is 9.92. The van der Waals surface area contributed by atoms with Crippen LogP contribution in [-0.4, -0.2) is 37.2 Å². The number of nitrogens with zero attached hydrogens (tertiary/aromatic N) is 1. The van der Waals surface area contributed by atoms with Crippen molar-refractivity contribution in [2.24, 2.45) is 5.73 Å². The standard InChI is InChI=1S/C8H21N2/c1-8(2,3)10(4,5)7-6-9/h6-7,9H2,1-5H3/q+1. The van der Waals surface area contributed by atoms with Crippen molar-refractivity contribution in [2.45, 2.75) is 26.3 Å². The second-order valence-electron chi connectivity index (χ2n) is 4.37. The van der Waals surface area contributed by atoms with Crippen molar-refractivity contribution in [3.63, 3.8) is 0 Å². The van der Waals surface area contributed by atoms with Crippen molar-refractivity contribution in [1.29, 1.82) is 0 Å². The summed E-state index contributed by atoms with van der Waals surface area (Å²) < 4.78 is 0.990. The molecule has 0 aromatic rings. The van der Waals surface area contributed by atoms with Crippen molar-refractivity contribution >= 4 is 0 Å². The van der Waals surface area contributed by atoms with Gasteiger partial charge in [-0.2, -0.15) is 0 Å². The topological polar surface area (TPSA) is 26.0 Å². The van der Waals surface area contributed by atoms with E-state index in [-0.39, 0.29) is 0 Å². The van der Waals surface area contributed by atoms with Gasteiger partial charge in [0.25, 0.3) is 0 Å². The van der Waals surface area contributed by atoms with Gasteiger partial charge in [0.2, 0.25) is 0 Å². The van der Waals surface area contributed by atoms with Crippen LogP contribution in [0.3, 0.4) is 0 Å². The second kappa shape index (κ2) is 2.89. The molecule has 0 bridgehead atoms. The van der Waals surface area contributed by atoms with Gasteiger partial charge in [0, 0.05) is 6.54 Å². The Hall–Kier alpha value is -0.0800. The Bertz CT molecular complexity index is 100. The van der Waals surface area contributed by atoms with Crippen LogP contribution in [0, 0.1) is 0 Å². The van der Waals surface area contributed by atoms with Crippen molar-refractivity contribution in [2.75, 3.05) is 27.2 Å². The zero-order chi connectivity index (χ0) is 8.41. The van der Waals surface area contributed by atoms with Gasteiger partial charge in [-0.3, -0.25) is 0 Å². The third-order valence-electron chi connectivity index (χ3n) is 2.50. The van der Waals surface area contributed by atoms with Crippen LogP contribution < -0.4 is 5.73 Å². The summed E-state index contributed by atoms with van der Waals surface area (Å²) in [6.45, 7) is 8.53. The lowest BCUT2D eigenvalue weighted by Crippen LogP contribution is -2.56. The van der Waals surface area contributed by atoms with E-state index in [2.05, 4.69) is 34.9 Å². The van der Waals surface area contributed by atoms with Gasteiger partial charge in [0.05, 0.1) is 26.2 Å². The van der Waals surface area contributed by atoms with Crippen molar-refractivity contribution in [3.8, 4) is 0 Å². The van der Waals surface area contributed by atoms with Crippen molar-refractivity contribution in [3.05, 3.63) is 0 Å². The van der Waals surface area contributed by atoms with E-state index in [0.717, 1.165) is 17.6 Å². The Morgan fingerprint density at radius 2 is 1.60 bits per heavy atom. The highest BCUT2D eigenvalue weighted by Gasteiger charge is 2.30. The number of hydrogen-bond acceptors (Lipinski definition) is 1. The van der Waals surface area contributed by atoms with E-state index in [0.29, 0.717) is 5.54 Å². The van der Waals surface area contributed by atoms with E-state index in [1.54, 1.807) is 0 Å². The molecule has 0 rings (SSSR count). The quantitative estimate of drug-likeness (QED) is 0.572. The van der Waals surface area contributed by atoms with Crippen molar-refractivity contribution < 1.29 is 4.48 Å². The predicted molar refractivity (Wildman–Crippen MR) is 45.8 cm³/mol. The molecule has 0 saturated heterocycles. The molecule has 0 amide bonds. The number of quaternary nitrogens is 1. The van der Waals surface area contributed by atoms with Gasteiger partial charge in [0.15, 0.2) is 0 Å². The second-order valence-corrected chi connectivity index (χ2v) is 4.37. The third kappa shape index (κ3) is 2.27. The normalized spacial score (nSPS) is 13.8. The number of rotatable bonds is 2. The summed E-state index contributed by atoms with van der Waals surface area (Å²) in [7, 11) is 4.43. The molecule has 0 aliphatic heterocycles. The first-order valence-electron chi connectivity index (χ1n) is 3.84. The number of hydrogen-bond donors (Lipinski definition) is 1. The maximum Gasteiger partial charge on any atom is 0.0911 e. The molecule has 10 heavy (non-hydrogen) atoms. The van der Waals surface area contributed by atoms with Crippen molar-refractivity contribution in [1.82, 2.24) is 0 Å². The fourth-order valence-corrected chi connectivity index (χ4v) is 0.658. The highest BCUT2D eigenvalue weighted by molar-refractivity contribution is 4.60. The fourth-order valence-electron chi connectivity index (χ4n) is 0.658. The van der Waals surface area contributed by atoms with Crippen LogP contribution in [-0.2, 0) is 0 Å². The van der Waals surface area contributed by atoms with Crippen LogP contribution >= 0.6 is 0 Å². The fraction of sp³-hybridized carbons (Fsp3) is 1.00. The predicted octanol–water partition coefficient (Wildman–Crippen LogP) is 0.820. The first-order valence-corrected chi connectivity index (χ1v) is 3.84. The van der Waals surface area contributed by atoms with E-state index >= 15 is 0 Å². The van der Waals surface area contributed by atoms with E-state index in [1.807, 2.05) is 0 Å². The minimum Gasteiger partial charge on any atom is -0.326 e. The van der Waals surface area contributed by atoms with E-state index in [4.69, 9.17) is 5.73 Å². The highest BCUT2D eigenvalue weighted by Crippen LogP contribution is 2.17. The van der Waals surface area contributed by atoms with Crippen LogP contribution in [0.15, 0.2) is 0 Å².